The summed E-state index contributed by atoms with van der Waals surface area (Å²) in [7, 11) is 3.96. The third-order valence-corrected chi connectivity index (χ3v) is 3.07. The number of nitrogens with zero attached hydrogens (tertiary/aromatic N) is 2. The molecule has 0 fully saturated rings. The van der Waals surface area contributed by atoms with Crippen LogP contribution in [0, 0.1) is 5.41 Å². The standard InChI is InChI=1S/C15H17ClN2O2.SSe/c1-15(2,3)13(19)14(18-9-8-17-10-18)20-12-6-4-11(16)5-7-12;1-2/h4-10,14H,1-3H3;. The third-order valence-electron chi connectivity index (χ3n) is 2.82. The van der Waals surface area contributed by atoms with Crippen LogP contribution in [0.4, 0.5) is 0 Å². The number of hydrogen-bond acceptors (Lipinski definition) is 4. The second-order valence-corrected chi connectivity index (χ2v) is 5.98. The van der Waals surface area contributed by atoms with Gasteiger partial charge in [-0.3, -0.25) is 9.36 Å². The molecule has 0 radical (unpaired) electrons. The van der Waals surface area contributed by atoms with Crippen LogP contribution < -0.4 is 4.74 Å². The first-order valence-corrected chi connectivity index (χ1v) is 9.29. The number of halogens is 1. The molecule has 4 nitrogen and oxygen atoms in total. The molecule has 0 bridgehead atoms. The Morgan fingerprint density at radius 2 is 1.91 bits per heavy atom. The van der Waals surface area contributed by atoms with Crippen molar-refractivity contribution < 1.29 is 9.53 Å². The number of ether oxygens (including phenoxy) is 1. The van der Waals surface area contributed by atoms with Gasteiger partial charge in [-0.1, -0.05) is 32.4 Å². The number of hydrogen-bond donors (Lipinski definition) is 0. The zero-order chi connectivity index (χ0) is 16.8. The maximum absolute atomic E-state index is 12.5. The molecule has 0 spiro atoms. The molecule has 7 heteroatoms. The summed E-state index contributed by atoms with van der Waals surface area (Å²) in [5.74, 6) is 0.566. The fourth-order valence-electron chi connectivity index (χ4n) is 1.67. The Labute approximate surface area is 147 Å². The van der Waals surface area contributed by atoms with Gasteiger partial charge in [-0.25, -0.2) is 4.98 Å². The van der Waals surface area contributed by atoms with Gasteiger partial charge < -0.3 is 4.74 Å². The van der Waals surface area contributed by atoms with Crippen molar-refractivity contribution >= 4 is 42.3 Å². The Balaban J connectivity index is 0.00000116. The molecule has 0 aliphatic heterocycles. The number of Topliss-reactive ketones (excluding diaryl/α,β-unsaturated/α-hetero) is 1. The molecule has 0 aliphatic carbocycles. The number of carbonyl (C=O) groups excluding carboxylic acids is 1. The Kier molecular flexibility index (Phi) is 7.36. The van der Waals surface area contributed by atoms with Gasteiger partial charge in [-0.15, -0.1) is 0 Å². The van der Waals surface area contributed by atoms with Crippen molar-refractivity contribution in [3.05, 3.63) is 48.0 Å². The van der Waals surface area contributed by atoms with Crippen LogP contribution in [0.3, 0.4) is 0 Å². The zero-order valence-corrected chi connectivity index (χ0v) is 15.8. The van der Waals surface area contributed by atoms with Crippen LogP contribution >= 0.6 is 22.2 Å². The molecule has 1 aromatic carbocycles. The van der Waals surface area contributed by atoms with Crippen molar-refractivity contribution in [2.24, 2.45) is 5.41 Å². The molecule has 1 atom stereocenters. The first-order valence-electron chi connectivity index (χ1n) is 6.48. The van der Waals surface area contributed by atoms with Gasteiger partial charge in [0, 0.05) is 22.8 Å². The minimum absolute atomic E-state index is 0.0227. The van der Waals surface area contributed by atoms with Crippen molar-refractivity contribution in [2.75, 3.05) is 0 Å². The summed E-state index contributed by atoms with van der Waals surface area (Å²) in [5.41, 5.74) is -0.513. The minimum atomic E-state index is -0.737. The SMILES string of the molecule is CC(C)(C)C(=O)C(Oc1ccc(Cl)cc1)n1ccnc1.S=[Se]. The summed E-state index contributed by atoms with van der Waals surface area (Å²) in [4.78, 5) is 16.5. The Morgan fingerprint density at radius 3 is 2.36 bits per heavy atom. The second kappa shape index (κ2) is 8.53. The summed E-state index contributed by atoms with van der Waals surface area (Å²) < 4.78 is 7.47. The fraction of sp³-hybridized carbons (Fsp3) is 0.333. The summed E-state index contributed by atoms with van der Waals surface area (Å²) in [6.07, 6.45) is 4.17. The molecule has 1 unspecified atom stereocenters. The van der Waals surface area contributed by atoms with Crippen molar-refractivity contribution in [1.29, 1.82) is 0 Å². The van der Waals surface area contributed by atoms with Crippen LogP contribution in [0.1, 0.15) is 27.0 Å². The molecular formula is C15H17ClN2O2SSe. The van der Waals surface area contributed by atoms with Crippen LogP contribution in [0.2, 0.25) is 5.02 Å². The average molecular weight is 404 g/mol. The molecule has 0 saturated carbocycles. The van der Waals surface area contributed by atoms with Gasteiger partial charge in [-0.05, 0) is 24.3 Å². The molecular weight excluding hydrogens is 387 g/mol. The van der Waals surface area contributed by atoms with Crippen molar-refractivity contribution in [1.82, 2.24) is 9.55 Å². The molecule has 2 aromatic rings. The zero-order valence-electron chi connectivity index (χ0n) is 12.5. The maximum atomic E-state index is 12.5. The van der Waals surface area contributed by atoms with E-state index in [1.54, 1.807) is 47.6 Å². The van der Waals surface area contributed by atoms with Gasteiger partial charge in [0.2, 0.25) is 6.23 Å². The van der Waals surface area contributed by atoms with Gasteiger partial charge in [0.15, 0.2) is 5.78 Å². The second-order valence-electron chi connectivity index (χ2n) is 5.55. The van der Waals surface area contributed by atoms with Crippen molar-refractivity contribution in [3.63, 3.8) is 0 Å². The fourth-order valence-corrected chi connectivity index (χ4v) is 1.80. The molecule has 0 aliphatic rings. The Hall–Kier alpha value is -1.07. The van der Waals surface area contributed by atoms with Crippen molar-refractivity contribution in [3.8, 4) is 5.75 Å². The summed E-state index contributed by atoms with van der Waals surface area (Å²) in [6.45, 7) is 5.60. The van der Waals surface area contributed by atoms with E-state index in [1.807, 2.05) is 20.8 Å². The van der Waals surface area contributed by atoms with E-state index in [4.69, 9.17) is 16.3 Å². The predicted molar refractivity (Wildman–Crippen MR) is 91.2 cm³/mol. The molecule has 0 saturated heterocycles. The van der Waals surface area contributed by atoms with Gasteiger partial charge in [0.1, 0.15) is 5.75 Å². The average Bonchev–Trinajstić information content (AvgIpc) is 3.01. The van der Waals surface area contributed by atoms with Crippen LogP contribution in [0.15, 0.2) is 43.0 Å². The van der Waals surface area contributed by atoms with E-state index in [1.165, 1.54) is 0 Å². The van der Waals surface area contributed by atoms with E-state index in [-0.39, 0.29) is 5.78 Å². The van der Waals surface area contributed by atoms with E-state index >= 15 is 0 Å². The summed E-state index contributed by atoms with van der Waals surface area (Å²) >= 11 is 8.05. The number of rotatable bonds is 4. The van der Waals surface area contributed by atoms with E-state index < -0.39 is 11.6 Å². The summed E-state index contributed by atoms with van der Waals surface area (Å²) in [5, 5.41) is 0.624. The van der Waals surface area contributed by atoms with Crippen LogP contribution in [0.25, 0.3) is 0 Å². The van der Waals surface area contributed by atoms with Gasteiger partial charge >= 0.3 is 24.9 Å². The van der Waals surface area contributed by atoms with E-state index in [0.29, 0.717) is 10.8 Å². The van der Waals surface area contributed by atoms with E-state index in [0.717, 1.165) is 0 Å². The molecule has 0 amide bonds. The van der Waals surface area contributed by atoms with E-state index in [2.05, 4.69) is 29.9 Å². The Morgan fingerprint density at radius 1 is 1.32 bits per heavy atom. The number of benzene rings is 1. The molecule has 2 rings (SSSR count). The number of carbonyl (C=O) groups is 1. The normalized spacial score (nSPS) is 12.0. The number of aromatic nitrogens is 2. The predicted octanol–water partition coefficient (Wildman–Crippen LogP) is 4.00. The Bertz CT molecular complexity index is 597. The third kappa shape index (κ3) is 5.29. The van der Waals surface area contributed by atoms with Crippen molar-refractivity contribution in [2.45, 2.75) is 27.0 Å². The van der Waals surface area contributed by atoms with E-state index in [9.17, 15) is 4.79 Å². The van der Waals surface area contributed by atoms with Crippen LogP contribution in [-0.4, -0.2) is 29.7 Å². The van der Waals surface area contributed by atoms with Crippen LogP contribution in [-0.2, 0) is 4.79 Å². The first kappa shape index (κ1) is 19.0. The van der Waals surface area contributed by atoms with Gasteiger partial charge in [0.05, 0.1) is 6.33 Å². The van der Waals surface area contributed by atoms with Crippen LogP contribution in [0.5, 0.6) is 5.75 Å². The molecule has 1 heterocycles. The van der Waals surface area contributed by atoms with Gasteiger partial charge in [0.25, 0.3) is 0 Å². The molecule has 118 valence electrons. The molecule has 22 heavy (non-hydrogen) atoms. The number of imidazole rings is 1. The first-order chi connectivity index (χ1) is 10.4. The monoisotopic (exact) mass is 404 g/mol. The summed E-state index contributed by atoms with van der Waals surface area (Å²) in [6, 6.07) is 6.93. The topological polar surface area (TPSA) is 44.1 Å². The quantitative estimate of drug-likeness (QED) is 0.724. The molecule has 1 aromatic heterocycles. The molecule has 0 N–H and O–H groups in total. The van der Waals surface area contributed by atoms with Gasteiger partial charge in [-0.2, -0.15) is 0 Å². The number of ketones is 1.